The molecule has 1 aromatic heterocycles. The van der Waals surface area contributed by atoms with Gasteiger partial charge in [0, 0.05) is 6.42 Å². The Kier molecular flexibility index (Phi) is 6.80. The number of anilines is 1. The zero-order valence-corrected chi connectivity index (χ0v) is 23.4. The molecule has 1 heterocycles. The first-order valence-electron chi connectivity index (χ1n) is 14.4. The molecule has 4 fully saturated rings. The summed E-state index contributed by atoms with van der Waals surface area (Å²) in [5.74, 6) is 6.55. The summed E-state index contributed by atoms with van der Waals surface area (Å²) in [6, 6.07) is -0.0290. The molecule has 4 aliphatic rings. The Morgan fingerprint density at radius 2 is 1.80 bits per heavy atom. The Balaban J connectivity index is 1.27. The van der Waals surface area contributed by atoms with Gasteiger partial charge in [-0.25, -0.2) is 13.1 Å². The second-order valence-corrected chi connectivity index (χ2v) is 15.0. The highest BCUT2D eigenvalue weighted by Gasteiger charge is 2.61. The summed E-state index contributed by atoms with van der Waals surface area (Å²) < 4.78 is 30.7. The molecule has 0 spiro atoms. The van der Waals surface area contributed by atoms with Crippen LogP contribution in [0.15, 0.2) is 4.42 Å². The molecule has 5 rings (SSSR count). The maximum atomic E-state index is 11.4. The van der Waals surface area contributed by atoms with E-state index in [1.165, 1.54) is 64.2 Å². The van der Waals surface area contributed by atoms with Crippen molar-refractivity contribution >= 4 is 16.0 Å². The lowest BCUT2D eigenvalue weighted by molar-refractivity contribution is -0.138. The molecule has 1 N–H and O–H groups in total. The zero-order valence-electron chi connectivity index (χ0n) is 22.6. The van der Waals surface area contributed by atoms with E-state index in [4.69, 9.17) is 4.42 Å². The van der Waals surface area contributed by atoms with E-state index in [1.54, 1.807) is 0 Å². The summed E-state index contributed by atoms with van der Waals surface area (Å²) in [5.41, 5.74) is 1.04. The summed E-state index contributed by atoms with van der Waals surface area (Å²) in [5, 5.41) is 7.92. The van der Waals surface area contributed by atoms with Crippen LogP contribution >= 0.6 is 0 Å². The minimum Gasteiger partial charge on any atom is -0.407 e. The molecular formula is C28H47N3O3S. The monoisotopic (exact) mass is 505 g/mol. The number of fused-ring (bicyclic) bond motifs is 5. The number of nitrogens with zero attached hydrogens (tertiary/aromatic N) is 2. The Labute approximate surface area is 212 Å². The molecule has 35 heavy (non-hydrogen) atoms. The summed E-state index contributed by atoms with van der Waals surface area (Å²) in [7, 11) is -3.40. The molecule has 6 nitrogen and oxygen atoms in total. The number of rotatable bonds is 7. The van der Waals surface area contributed by atoms with Crippen LogP contribution in [0.25, 0.3) is 0 Å². The quantitative estimate of drug-likeness (QED) is 0.446. The standard InChI is InChI=1S/C28H47N3O3S/c1-6-19-17-20-23-12-11-21(18(2)10-13-25-29-30-26(34-25)31-35(5,32)33)28(23,4)16-14-24(20)27(3)15-8-7-9-22(19)27/h18-24H,6-17H2,1-5H3,(H,30,31)/t18-,19+,20?,21?,22+,23?,24?,27+,28-/m1/s1. The van der Waals surface area contributed by atoms with Crippen molar-refractivity contribution in [3.05, 3.63) is 5.89 Å². The van der Waals surface area contributed by atoms with Crippen LogP contribution in [0.4, 0.5) is 6.01 Å². The molecule has 4 saturated carbocycles. The first kappa shape index (κ1) is 25.5. The van der Waals surface area contributed by atoms with Gasteiger partial charge in [-0.2, -0.15) is 0 Å². The lowest BCUT2D eigenvalue weighted by atomic mass is 9.42. The van der Waals surface area contributed by atoms with Gasteiger partial charge in [-0.3, -0.25) is 0 Å². The Morgan fingerprint density at radius 3 is 2.54 bits per heavy atom. The van der Waals surface area contributed by atoms with Crippen LogP contribution in [0.3, 0.4) is 0 Å². The summed E-state index contributed by atoms with van der Waals surface area (Å²) >= 11 is 0. The normalized spacial score (nSPS) is 42.1. The topological polar surface area (TPSA) is 85.1 Å². The number of hydrogen-bond acceptors (Lipinski definition) is 5. The largest absolute Gasteiger partial charge is 0.407 e. The third kappa shape index (κ3) is 4.57. The van der Waals surface area contributed by atoms with Gasteiger partial charge in [-0.1, -0.05) is 52.1 Å². The van der Waals surface area contributed by atoms with E-state index in [-0.39, 0.29) is 6.01 Å². The summed E-state index contributed by atoms with van der Waals surface area (Å²) in [4.78, 5) is 0. The van der Waals surface area contributed by atoms with E-state index in [0.29, 0.717) is 29.1 Å². The Morgan fingerprint density at radius 1 is 1.03 bits per heavy atom. The fourth-order valence-electron chi connectivity index (χ4n) is 10.1. The Bertz CT molecular complexity index is 1010. The van der Waals surface area contributed by atoms with Crippen molar-refractivity contribution in [2.24, 2.45) is 52.3 Å². The van der Waals surface area contributed by atoms with Crippen LogP contribution in [0, 0.1) is 52.3 Å². The van der Waals surface area contributed by atoms with Crippen LogP contribution in [-0.2, 0) is 16.4 Å². The van der Waals surface area contributed by atoms with E-state index in [2.05, 4.69) is 42.6 Å². The molecular weight excluding hydrogens is 458 g/mol. The number of aryl methyl sites for hydroxylation is 1. The van der Waals surface area contributed by atoms with Crippen LogP contribution < -0.4 is 4.72 Å². The molecule has 0 aromatic carbocycles. The highest BCUT2D eigenvalue weighted by Crippen LogP contribution is 2.69. The minimum absolute atomic E-state index is 0.0290. The molecule has 4 aliphatic carbocycles. The van der Waals surface area contributed by atoms with Gasteiger partial charge in [0.05, 0.1) is 6.26 Å². The van der Waals surface area contributed by atoms with E-state index < -0.39 is 10.0 Å². The SMILES string of the molecule is CC[C@H]1CC2C3CCC([C@H](C)CCc4nnc(NS(C)(=O)=O)o4)[C@@]3(C)CCC2[C@@]2(C)CCCC[C@@H]12. The van der Waals surface area contributed by atoms with Crippen molar-refractivity contribution in [3.8, 4) is 0 Å². The maximum absolute atomic E-state index is 11.4. The van der Waals surface area contributed by atoms with Gasteiger partial charge in [-0.05, 0) is 104 Å². The summed E-state index contributed by atoms with van der Waals surface area (Å²) in [6.07, 6.45) is 17.1. The minimum atomic E-state index is -3.40. The van der Waals surface area contributed by atoms with Gasteiger partial charge in [0.15, 0.2) is 0 Å². The molecule has 1 aromatic rings. The highest BCUT2D eigenvalue weighted by molar-refractivity contribution is 7.91. The van der Waals surface area contributed by atoms with Crippen molar-refractivity contribution < 1.29 is 12.8 Å². The first-order valence-corrected chi connectivity index (χ1v) is 16.2. The molecule has 0 aliphatic heterocycles. The van der Waals surface area contributed by atoms with E-state index in [0.717, 1.165) is 48.2 Å². The molecule has 9 atom stereocenters. The van der Waals surface area contributed by atoms with E-state index >= 15 is 0 Å². The third-order valence-corrected chi connectivity index (χ3v) is 12.1. The van der Waals surface area contributed by atoms with Gasteiger partial charge in [0.2, 0.25) is 15.9 Å². The van der Waals surface area contributed by atoms with Crippen LogP contribution in [0.1, 0.15) is 104 Å². The number of sulfonamides is 1. The van der Waals surface area contributed by atoms with Crippen molar-refractivity contribution in [1.82, 2.24) is 10.2 Å². The van der Waals surface area contributed by atoms with E-state index in [9.17, 15) is 8.42 Å². The third-order valence-electron chi connectivity index (χ3n) is 11.6. The number of aromatic nitrogens is 2. The van der Waals surface area contributed by atoms with Gasteiger partial charge < -0.3 is 4.42 Å². The second-order valence-electron chi connectivity index (χ2n) is 13.3. The highest BCUT2D eigenvalue weighted by atomic mass is 32.2. The van der Waals surface area contributed by atoms with E-state index in [1.807, 2.05) is 0 Å². The van der Waals surface area contributed by atoms with Gasteiger partial charge in [-0.15, -0.1) is 5.10 Å². The van der Waals surface area contributed by atoms with Gasteiger partial charge in [0.1, 0.15) is 0 Å². The first-order chi connectivity index (χ1) is 16.5. The molecule has 0 saturated heterocycles. The fraction of sp³-hybridized carbons (Fsp3) is 0.929. The lowest BCUT2D eigenvalue weighted by Crippen LogP contribution is -2.55. The average molecular weight is 506 g/mol. The van der Waals surface area contributed by atoms with Crippen molar-refractivity contribution in [2.75, 3.05) is 11.0 Å². The van der Waals surface area contributed by atoms with Crippen molar-refractivity contribution in [2.45, 2.75) is 105 Å². The fourth-order valence-corrected chi connectivity index (χ4v) is 10.5. The van der Waals surface area contributed by atoms with Gasteiger partial charge >= 0.3 is 6.01 Å². The van der Waals surface area contributed by atoms with Crippen LogP contribution in [0.2, 0.25) is 0 Å². The van der Waals surface area contributed by atoms with Crippen molar-refractivity contribution in [3.63, 3.8) is 0 Å². The molecule has 198 valence electrons. The van der Waals surface area contributed by atoms with Gasteiger partial charge in [0.25, 0.3) is 0 Å². The molecule has 0 amide bonds. The maximum Gasteiger partial charge on any atom is 0.329 e. The second kappa shape index (κ2) is 9.33. The van der Waals surface area contributed by atoms with Crippen LogP contribution in [-0.4, -0.2) is 24.9 Å². The number of nitrogens with one attached hydrogen (secondary N) is 1. The molecule has 7 heteroatoms. The molecule has 4 unspecified atom stereocenters. The smallest absolute Gasteiger partial charge is 0.329 e. The lowest BCUT2D eigenvalue weighted by Gasteiger charge is -2.63. The summed E-state index contributed by atoms with van der Waals surface area (Å²) in [6.45, 7) is 10.2. The molecule has 0 radical (unpaired) electrons. The van der Waals surface area contributed by atoms with Crippen LogP contribution in [0.5, 0.6) is 0 Å². The Hall–Kier alpha value is -1.11. The predicted molar refractivity (Wildman–Crippen MR) is 139 cm³/mol. The molecule has 0 bridgehead atoms. The number of hydrogen-bond donors (Lipinski definition) is 1. The zero-order chi connectivity index (χ0) is 25.0. The van der Waals surface area contributed by atoms with Crippen molar-refractivity contribution in [1.29, 1.82) is 0 Å². The predicted octanol–water partition coefficient (Wildman–Crippen LogP) is 6.69. The average Bonchev–Trinajstić information content (AvgIpc) is 3.38.